The van der Waals surface area contributed by atoms with Crippen molar-refractivity contribution in [3.05, 3.63) is 36.2 Å². The Labute approximate surface area is 195 Å². The Kier molecular flexibility index (Phi) is 4.99. The zero-order chi connectivity index (χ0) is 24.1. The molecule has 0 aliphatic carbocycles. The van der Waals surface area contributed by atoms with E-state index in [9.17, 15) is 14.4 Å². The van der Waals surface area contributed by atoms with Crippen LogP contribution in [0.5, 0.6) is 0 Å². The average Bonchev–Trinajstić information content (AvgIpc) is 3.36. The molecule has 0 spiro atoms. The minimum Gasteiger partial charge on any atom is -0.370 e. The van der Waals surface area contributed by atoms with Gasteiger partial charge in [0.15, 0.2) is 11.5 Å². The lowest BCUT2D eigenvalue weighted by Gasteiger charge is -2.32. The van der Waals surface area contributed by atoms with Gasteiger partial charge in [-0.2, -0.15) is 4.98 Å². The lowest BCUT2D eigenvalue weighted by atomic mass is 9.78. The quantitative estimate of drug-likeness (QED) is 0.470. The molecule has 4 heterocycles. The van der Waals surface area contributed by atoms with Crippen LogP contribution < -0.4 is 21.3 Å². The largest absolute Gasteiger partial charge is 0.370 e. The van der Waals surface area contributed by atoms with Gasteiger partial charge < -0.3 is 26.1 Å². The average molecular weight is 463 g/mol. The first-order valence-electron chi connectivity index (χ1n) is 11.1. The molecule has 1 saturated heterocycles. The van der Waals surface area contributed by atoms with E-state index in [1.165, 1.54) is 0 Å². The first-order chi connectivity index (χ1) is 16.2. The molecular formula is C23H26N8O3. The van der Waals surface area contributed by atoms with Crippen molar-refractivity contribution < 1.29 is 14.4 Å². The fourth-order valence-corrected chi connectivity index (χ4v) is 4.92. The van der Waals surface area contributed by atoms with Crippen LogP contribution >= 0.6 is 0 Å². The second-order valence-electron chi connectivity index (χ2n) is 9.74. The number of hydrogen-bond donors (Lipinski definition) is 3. The smallest absolute Gasteiger partial charge is 0.247 e. The van der Waals surface area contributed by atoms with Crippen LogP contribution in [0.2, 0.25) is 0 Å². The van der Waals surface area contributed by atoms with E-state index in [1.807, 2.05) is 23.1 Å². The standard InChI is InChI=1S/C23H26N8O3/c1-22(2)11-18(34)27-16-9-14(3-4-15(16)22)26-21-28-20-19(25-6-8-31(20)29-21)30-7-5-23(12-30,13-32)10-17(24)33/h3-4,6,8-9,13H,5,7,10-12H2,1-2H3,(H2,24,33)(H,26,29)(H,27,34). The summed E-state index contributed by atoms with van der Waals surface area (Å²) in [6, 6.07) is 5.81. The fourth-order valence-electron chi connectivity index (χ4n) is 4.92. The third-order valence-electron chi connectivity index (χ3n) is 6.58. The van der Waals surface area contributed by atoms with Gasteiger partial charge in [-0.25, -0.2) is 9.50 Å². The van der Waals surface area contributed by atoms with Crippen molar-refractivity contribution >= 4 is 46.9 Å². The number of amides is 2. The Morgan fingerprint density at radius 3 is 2.94 bits per heavy atom. The van der Waals surface area contributed by atoms with Gasteiger partial charge in [0.05, 0.1) is 5.41 Å². The van der Waals surface area contributed by atoms with Crippen molar-refractivity contribution in [3.8, 4) is 0 Å². The Morgan fingerprint density at radius 1 is 1.35 bits per heavy atom. The molecule has 11 nitrogen and oxygen atoms in total. The van der Waals surface area contributed by atoms with E-state index in [1.54, 1.807) is 16.9 Å². The predicted molar refractivity (Wildman–Crippen MR) is 126 cm³/mol. The Hall–Kier alpha value is -4.02. The van der Waals surface area contributed by atoms with E-state index < -0.39 is 11.3 Å². The number of hydrogen-bond acceptors (Lipinski definition) is 8. The van der Waals surface area contributed by atoms with Gasteiger partial charge in [0, 0.05) is 55.1 Å². The Balaban J connectivity index is 1.42. The highest BCUT2D eigenvalue weighted by molar-refractivity contribution is 5.96. The minimum absolute atomic E-state index is 0.00128. The molecule has 176 valence electrons. The summed E-state index contributed by atoms with van der Waals surface area (Å²) in [5.41, 5.74) is 7.42. The summed E-state index contributed by atoms with van der Waals surface area (Å²) in [4.78, 5) is 46.3. The molecule has 3 aromatic rings. The van der Waals surface area contributed by atoms with Crippen LogP contribution in [0, 0.1) is 5.41 Å². The minimum atomic E-state index is -0.817. The number of fused-ring (bicyclic) bond motifs is 2. The van der Waals surface area contributed by atoms with Crippen LogP contribution in [0.15, 0.2) is 30.6 Å². The van der Waals surface area contributed by atoms with Gasteiger partial charge in [-0.15, -0.1) is 5.10 Å². The monoisotopic (exact) mass is 462 g/mol. The molecule has 1 aromatic carbocycles. The molecule has 2 aliphatic rings. The molecule has 34 heavy (non-hydrogen) atoms. The number of nitrogens with two attached hydrogens (primary N) is 1. The molecule has 0 bridgehead atoms. The molecule has 11 heteroatoms. The van der Waals surface area contributed by atoms with E-state index >= 15 is 0 Å². The molecular weight excluding hydrogens is 436 g/mol. The number of rotatable bonds is 6. The topological polar surface area (TPSA) is 148 Å². The summed E-state index contributed by atoms with van der Waals surface area (Å²) in [7, 11) is 0. The zero-order valence-corrected chi connectivity index (χ0v) is 19.0. The third-order valence-corrected chi connectivity index (χ3v) is 6.58. The molecule has 0 radical (unpaired) electrons. The zero-order valence-electron chi connectivity index (χ0n) is 19.0. The van der Waals surface area contributed by atoms with Crippen LogP contribution in [-0.2, 0) is 19.8 Å². The SMILES string of the molecule is CC1(C)CC(=O)Nc2cc(Nc3nc4c(N5CCC(C=O)(CC(N)=O)C5)nccn4n3)ccc21. The van der Waals surface area contributed by atoms with Crippen LogP contribution in [0.4, 0.5) is 23.1 Å². The van der Waals surface area contributed by atoms with Gasteiger partial charge in [-0.1, -0.05) is 19.9 Å². The van der Waals surface area contributed by atoms with E-state index in [-0.39, 0.29) is 17.7 Å². The number of primary amides is 1. The van der Waals surface area contributed by atoms with Crippen LogP contribution in [0.3, 0.4) is 0 Å². The highest BCUT2D eigenvalue weighted by Gasteiger charge is 2.40. The highest BCUT2D eigenvalue weighted by Crippen LogP contribution is 2.39. The van der Waals surface area contributed by atoms with E-state index in [2.05, 4.69) is 39.5 Å². The number of carbonyl (C=O) groups is 3. The maximum atomic E-state index is 12.1. The summed E-state index contributed by atoms with van der Waals surface area (Å²) < 4.78 is 1.61. The molecule has 1 atom stereocenters. The summed E-state index contributed by atoms with van der Waals surface area (Å²) >= 11 is 0. The fraction of sp³-hybridized carbons (Fsp3) is 0.391. The number of aldehydes is 1. The lowest BCUT2D eigenvalue weighted by Crippen LogP contribution is -2.33. The van der Waals surface area contributed by atoms with Gasteiger partial charge in [0.1, 0.15) is 6.29 Å². The maximum absolute atomic E-state index is 12.1. The number of nitrogens with one attached hydrogen (secondary N) is 2. The first kappa shape index (κ1) is 21.8. The van der Waals surface area contributed by atoms with Crippen molar-refractivity contribution in [1.82, 2.24) is 19.6 Å². The number of anilines is 4. The van der Waals surface area contributed by atoms with Crippen LogP contribution in [0.1, 0.15) is 38.7 Å². The van der Waals surface area contributed by atoms with E-state index in [4.69, 9.17) is 5.73 Å². The summed E-state index contributed by atoms with van der Waals surface area (Å²) in [6.45, 7) is 4.99. The molecule has 1 fully saturated rings. The first-order valence-corrected chi connectivity index (χ1v) is 11.1. The van der Waals surface area contributed by atoms with Crippen molar-refractivity contribution in [3.63, 3.8) is 0 Å². The third kappa shape index (κ3) is 3.82. The second-order valence-corrected chi connectivity index (χ2v) is 9.74. The van der Waals surface area contributed by atoms with Gasteiger partial charge >= 0.3 is 0 Å². The molecule has 5 rings (SSSR count). The number of benzene rings is 1. The van der Waals surface area contributed by atoms with Gasteiger partial charge in [0.25, 0.3) is 0 Å². The highest BCUT2D eigenvalue weighted by atomic mass is 16.2. The lowest BCUT2D eigenvalue weighted by molar-refractivity contribution is -0.125. The number of carbonyl (C=O) groups excluding carboxylic acids is 3. The van der Waals surface area contributed by atoms with Gasteiger partial charge in [0.2, 0.25) is 17.8 Å². The number of nitrogens with zero attached hydrogens (tertiary/aromatic N) is 5. The maximum Gasteiger partial charge on any atom is 0.247 e. The summed E-state index contributed by atoms with van der Waals surface area (Å²) in [5.74, 6) is 0.438. The molecule has 2 amide bonds. The Morgan fingerprint density at radius 2 is 2.18 bits per heavy atom. The van der Waals surface area contributed by atoms with Crippen molar-refractivity contribution in [2.75, 3.05) is 28.6 Å². The van der Waals surface area contributed by atoms with Crippen molar-refractivity contribution in [2.24, 2.45) is 11.1 Å². The molecule has 1 unspecified atom stereocenters. The number of aromatic nitrogens is 4. The summed E-state index contributed by atoms with van der Waals surface area (Å²) in [5, 5.41) is 10.6. The van der Waals surface area contributed by atoms with E-state index in [0.717, 1.165) is 23.2 Å². The van der Waals surface area contributed by atoms with Crippen LogP contribution in [0.25, 0.3) is 5.65 Å². The molecule has 0 saturated carbocycles. The second kappa shape index (κ2) is 7.79. The molecule has 2 aliphatic heterocycles. The predicted octanol–water partition coefficient (Wildman–Crippen LogP) is 1.76. The molecule has 4 N–H and O–H groups in total. The van der Waals surface area contributed by atoms with Crippen LogP contribution in [-0.4, -0.2) is 50.8 Å². The molecule has 2 aromatic heterocycles. The summed E-state index contributed by atoms with van der Waals surface area (Å²) in [6.07, 6.45) is 5.09. The van der Waals surface area contributed by atoms with Crippen molar-refractivity contribution in [2.45, 2.75) is 38.5 Å². The van der Waals surface area contributed by atoms with E-state index in [0.29, 0.717) is 43.3 Å². The van der Waals surface area contributed by atoms with Gasteiger partial charge in [-0.3, -0.25) is 9.59 Å². The van der Waals surface area contributed by atoms with Gasteiger partial charge in [-0.05, 0) is 24.1 Å². The Bertz CT molecular complexity index is 1320. The van der Waals surface area contributed by atoms with Crippen molar-refractivity contribution in [1.29, 1.82) is 0 Å². The normalized spacial score (nSPS) is 21.2.